The van der Waals surface area contributed by atoms with E-state index < -0.39 is 0 Å². The number of hydrogen-bond donors (Lipinski definition) is 0. The lowest BCUT2D eigenvalue weighted by Crippen LogP contribution is -2.31. The molecule has 3 rings (SSSR count). The van der Waals surface area contributed by atoms with E-state index in [-0.39, 0.29) is 0 Å². The Morgan fingerprint density at radius 1 is 1.29 bits per heavy atom. The summed E-state index contributed by atoms with van der Waals surface area (Å²) in [7, 11) is 4.28. The summed E-state index contributed by atoms with van der Waals surface area (Å²) in [5.74, 6) is 1.78. The summed E-state index contributed by atoms with van der Waals surface area (Å²) in [4.78, 5) is 18.1. The Labute approximate surface area is 125 Å². The van der Waals surface area contributed by atoms with Gasteiger partial charge in [0.2, 0.25) is 0 Å². The number of rotatable bonds is 3. The molecule has 1 atom stereocenters. The lowest BCUT2D eigenvalue weighted by atomic mass is 10.2. The van der Waals surface area contributed by atoms with Crippen LogP contribution in [-0.4, -0.2) is 53.1 Å². The summed E-state index contributed by atoms with van der Waals surface area (Å²) in [6.07, 6.45) is 4.76. The SMILES string of the molecule is Cc1cc(N2CCC(N(C)C)C2)nc(-c2cccnc2)n1. The maximum Gasteiger partial charge on any atom is 0.163 e. The van der Waals surface area contributed by atoms with Crippen LogP contribution in [0.3, 0.4) is 0 Å². The van der Waals surface area contributed by atoms with Crippen molar-refractivity contribution in [2.45, 2.75) is 19.4 Å². The average Bonchev–Trinajstić information content (AvgIpc) is 2.98. The van der Waals surface area contributed by atoms with Crippen molar-refractivity contribution in [3.05, 3.63) is 36.3 Å². The quantitative estimate of drug-likeness (QED) is 0.862. The van der Waals surface area contributed by atoms with Crippen LogP contribution >= 0.6 is 0 Å². The highest BCUT2D eigenvalue weighted by Gasteiger charge is 2.25. The smallest absolute Gasteiger partial charge is 0.163 e. The molecule has 1 fully saturated rings. The van der Waals surface area contributed by atoms with Crippen LogP contribution in [0.2, 0.25) is 0 Å². The highest BCUT2D eigenvalue weighted by molar-refractivity contribution is 5.57. The minimum atomic E-state index is 0.599. The highest BCUT2D eigenvalue weighted by atomic mass is 15.3. The van der Waals surface area contributed by atoms with Gasteiger partial charge in [-0.25, -0.2) is 9.97 Å². The minimum Gasteiger partial charge on any atom is -0.355 e. The third-order valence-electron chi connectivity index (χ3n) is 3.98. The van der Waals surface area contributed by atoms with Crippen LogP contribution in [0.25, 0.3) is 11.4 Å². The van der Waals surface area contributed by atoms with Gasteiger partial charge in [0.25, 0.3) is 0 Å². The molecule has 0 spiro atoms. The standard InChI is InChI=1S/C16H21N5/c1-12-9-15(21-8-6-14(11-21)20(2)3)19-16(18-12)13-5-4-7-17-10-13/h4-5,7,9-10,14H,6,8,11H2,1-3H3. The van der Waals surface area contributed by atoms with Crippen molar-refractivity contribution in [1.29, 1.82) is 0 Å². The Balaban J connectivity index is 1.89. The van der Waals surface area contributed by atoms with Gasteiger partial charge in [0.15, 0.2) is 5.82 Å². The molecule has 21 heavy (non-hydrogen) atoms. The number of nitrogens with zero attached hydrogens (tertiary/aromatic N) is 5. The number of hydrogen-bond acceptors (Lipinski definition) is 5. The molecule has 3 heterocycles. The van der Waals surface area contributed by atoms with E-state index in [1.807, 2.05) is 25.3 Å². The zero-order valence-corrected chi connectivity index (χ0v) is 12.8. The first kappa shape index (κ1) is 13.9. The molecule has 0 radical (unpaired) electrons. The molecule has 1 aliphatic heterocycles. The van der Waals surface area contributed by atoms with Gasteiger partial charge in [0.1, 0.15) is 5.82 Å². The number of likely N-dealkylation sites (N-methyl/N-ethyl adjacent to an activating group) is 1. The van der Waals surface area contributed by atoms with Crippen molar-refractivity contribution >= 4 is 5.82 Å². The lowest BCUT2D eigenvalue weighted by Gasteiger charge is -2.21. The summed E-state index contributed by atoms with van der Waals surface area (Å²) in [5, 5.41) is 0. The van der Waals surface area contributed by atoms with Gasteiger partial charge >= 0.3 is 0 Å². The first-order valence-corrected chi connectivity index (χ1v) is 7.31. The Bertz CT molecular complexity index is 611. The van der Waals surface area contributed by atoms with Gasteiger partial charge in [-0.2, -0.15) is 0 Å². The van der Waals surface area contributed by atoms with E-state index in [0.717, 1.165) is 36.0 Å². The predicted molar refractivity (Wildman–Crippen MR) is 84.3 cm³/mol. The van der Waals surface area contributed by atoms with Gasteiger partial charge < -0.3 is 9.80 Å². The molecule has 0 saturated carbocycles. The molecule has 0 bridgehead atoms. The molecule has 2 aromatic heterocycles. The van der Waals surface area contributed by atoms with Crippen LogP contribution in [0.4, 0.5) is 5.82 Å². The Hall–Kier alpha value is -2.01. The summed E-state index contributed by atoms with van der Waals surface area (Å²) in [6.45, 7) is 4.09. The van der Waals surface area contributed by atoms with Crippen LogP contribution in [0.5, 0.6) is 0 Å². The van der Waals surface area contributed by atoms with Crippen LogP contribution in [0.15, 0.2) is 30.6 Å². The Kier molecular flexibility index (Phi) is 3.84. The first-order chi connectivity index (χ1) is 10.1. The van der Waals surface area contributed by atoms with Crippen molar-refractivity contribution in [3.8, 4) is 11.4 Å². The fourth-order valence-electron chi connectivity index (χ4n) is 2.71. The lowest BCUT2D eigenvalue weighted by molar-refractivity contribution is 0.315. The third kappa shape index (κ3) is 3.03. The molecular weight excluding hydrogens is 262 g/mol. The summed E-state index contributed by atoms with van der Waals surface area (Å²) in [5.41, 5.74) is 1.96. The van der Waals surface area contributed by atoms with Crippen LogP contribution in [-0.2, 0) is 0 Å². The van der Waals surface area contributed by atoms with E-state index in [2.05, 4.69) is 39.9 Å². The monoisotopic (exact) mass is 283 g/mol. The molecule has 5 heteroatoms. The van der Waals surface area contributed by atoms with Crippen LogP contribution < -0.4 is 4.90 Å². The predicted octanol–water partition coefficient (Wildman–Crippen LogP) is 1.99. The van der Waals surface area contributed by atoms with Gasteiger partial charge in [-0.1, -0.05) is 0 Å². The molecule has 110 valence electrons. The molecule has 1 aliphatic rings. The maximum atomic E-state index is 4.74. The van der Waals surface area contributed by atoms with E-state index >= 15 is 0 Å². The largest absolute Gasteiger partial charge is 0.355 e. The molecule has 0 amide bonds. The van der Waals surface area contributed by atoms with E-state index in [1.54, 1.807) is 6.20 Å². The fraction of sp³-hybridized carbons (Fsp3) is 0.438. The molecule has 0 aliphatic carbocycles. The van der Waals surface area contributed by atoms with Crippen molar-refractivity contribution in [2.75, 3.05) is 32.1 Å². The number of pyridine rings is 1. The molecule has 2 aromatic rings. The van der Waals surface area contributed by atoms with Crippen LogP contribution in [0.1, 0.15) is 12.1 Å². The third-order valence-corrected chi connectivity index (χ3v) is 3.98. The zero-order valence-electron chi connectivity index (χ0n) is 12.8. The van der Waals surface area contributed by atoms with Gasteiger partial charge in [-0.3, -0.25) is 4.98 Å². The van der Waals surface area contributed by atoms with Crippen molar-refractivity contribution in [1.82, 2.24) is 19.9 Å². The summed E-state index contributed by atoms with van der Waals surface area (Å²) >= 11 is 0. The molecule has 1 saturated heterocycles. The van der Waals surface area contributed by atoms with E-state index in [9.17, 15) is 0 Å². The van der Waals surface area contributed by atoms with E-state index in [4.69, 9.17) is 4.98 Å². The second kappa shape index (κ2) is 5.77. The van der Waals surface area contributed by atoms with Crippen molar-refractivity contribution in [3.63, 3.8) is 0 Å². The molecule has 5 nitrogen and oxygen atoms in total. The van der Waals surface area contributed by atoms with Gasteiger partial charge in [-0.15, -0.1) is 0 Å². The topological polar surface area (TPSA) is 45.2 Å². The van der Waals surface area contributed by atoms with Gasteiger partial charge in [0, 0.05) is 48.8 Å². The number of anilines is 1. The van der Waals surface area contributed by atoms with Gasteiger partial charge in [0.05, 0.1) is 0 Å². The summed E-state index contributed by atoms with van der Waals surface area (Å²) < 4.78 is 0. The summed E-state index contributed by atoms with van der Waals surface area (Å²) in [6, 6.07) is 6.58. The average molecular weight is 283 g/mol. The molecule has 1 unspecified atom stereocenters. The maximum absolute atomic E-state index is 4.74. The molecule has 0 aromatic carbocycles. The second-order valence-electron chi connectivity index (χ2n) is 5.78. The Morgan fingerprint density at radius 2 is 2.14 bits per heavy atom. The van der Waals surface area contributed by atoms with Gasteiger partial charge in [-0.05, 0) is 39.6 Å². The van der Waals surface area contributed by atoms with E-state index in [1.165, 1.54) is 6.42 Å². The fourth-order valence-corrected chi connectivity index (χ4v) is 2.71. The van der Waals surface area contributed by atoms with Crippen molar-refractivity contribution < 1.29 is 0 Å². The second-order valence-corrected chi connectivity index (χ2v) is 5.78. The first-order valence-electron chi connectivity index (χ1n) is 7.31. The van der Waals surface area contributed by atoms with Crippen LogP contribution in [0, 0.1) is 6.92 Å². The number of aromatic nitrogens is 3. The highest BCUT2D eigenvalue weighted by Crippen LogP contribution is 2.23. The Morgan fingerprint density at radius 3 is 2.81 bits per heavy atom. The van der Waals surface area contributed by atoms with Crippen molar-refractivity contribution in [2.24, 2.45) is 0 Å². The normalized spacial score (nSPS) is 18.5. The molecule has 0 N–H and O–H groups in total. The van der Waals surface area contributed by atoms with E-state index in [0.29, 0.717) is 6.04 Å². The zero-order chi connectivity index (χ0) is 14.8. The minimum absolute atomic E-state index is 0.599. The number of aryl methyl sites for hydroxylation is 1. The molecular formula is C16H21N5.